The first kappa shape index (κ1) is 15.7. The molecule has 1 unspecified atom stereocenters. The van der Waals surface area contributed by atoms with E-state index in [-0.39, 0.29) is 11.6 Å². The monoisotopic (exact) mass is 296 g/mol. The lowest BCUT2D eigenvalue weighted by atomic mass is 9.84. The van der Waals surface area contributed by atoms with E-state index >= 15 is 0 Å². The van der Waals surface area contributed by atoms with Crippen LogP contribution in [-0.2, 0) is 6.18 Å². The van der Waals surface area contributed by atoms with Crippen LogP contribution in [0.5, 0.6) is 0 Å². The summed E-state index contributed by atoms with van der Waals surface area (Å²) in [6, 6.07) is 5.56. The summed E-state index contributed by atoms with van der Waals surface area (Å²) in [6.07, 6.45) is 1.37. The second-order valence-electron chi connectivity index (χ2n) is 5.70. The van der Waals surface area contributed by atoms with Gasteiger partial charge in [-0.3, -0.25) is 0 Å². The second kappa shape index (κ2) is 6.38. The Morgan fingerprint density at radius 3 is 2.48 bits per heavy atom. The van der Waals surface area contributed by atoms with Gasteiger partial charge in [0.1, 0.15) is 0 Å². The number of nitrogens with zero attached hydrogens (tertiary/aromatic N) is 1. The molecule has 0 heterocycles. The fraction of sp³-hybridized carbons (Fsp3) is 0.562. The van der Waals surface area contributed by atoms with Gasteiger partial charge in [0.05, 0.1) is 17.2 Å². The minimum Gasteiger partial charge on any atom is -0.382 e. The summed E-state index contributed by atoms with van der Waals surface area (Å²) in [4.78, 5) is 0. The molecule has 0 amide bonds. The fourth-order valence-corrected chi connectivity index (χ4v) is 2.98. The maximum absolute atomic E-state index is 12.9. The van der Waals surface area contributed by atoms with Crippen LogP contribution in [0.2, 0.25) is 0 Å². The van der Waals surface area contributed by atoms with Crippen LogP contribution in [0.1, 0.15) is 50.2 Å². The van der Waals surface area contributed by atoms with Gasteiger partial charge in [0, 0.05) is 11.7 Å². The van der Waals surface area contributed by atoms with Crippen molar-refractivity contribution in [2.75, 3.05) is 5.32 Å². The summed E-state index contributed by atoms with van der Waals surface area (Å²) < 4.78 is 38.8. The number of alkyl halides is 3. The molecule has 1 fully saturated rings. The lowest BCUT2D eigenvalue weighted by Crippen LogP contribution is -2.27. The van der Waals surface area contributed by atoms with Gasteiger partial charge in [-0.05, 0) is 43.9 Å². The van der Waals surface area contributed by atoms with Crippen molar-refractivity contribution in [2.45, 2.75) is 51.2 Å². The molecule has 0 bridgehead atoms. The van der Waals surface area contributed by atoms with Crippen molar-refractivity contribution in [3.05, 3.63) is 29.3 Å². The summed E-state index contributed by atoms with van der Waals surface area (Å²) in [5.41, 5.74) is -0.774. The third-order valence-corrected chi connectivity index (χ3v) is 4.20. The zero-order valence-electron chi connectivity index (χ0n) is 12.0. The third kappa shape index (κ3) is 3.90. The average Bonchev–Trinajstić information content (AvgIpc) is 2.47. The number of nitriles is 1. The Morgan fingerprint density at radius 1 is 1.24 bits per heavy atom. The normalized spacial score (nSPS) is 18.0. The first-order valence-corrected chi connectivity index (χ1v) is 7.29. The minimum absolute atomic E-state index is 0.138. The molecule has 5 heteroatoms. The first-order valence-electron chi connectivity index (χ1n) is 7.29. The Kier molecular flexibility index (Phi) is 4.76. The van der Waals surface area contributed by atoms with Crippen LogP contribution in [0.25, 0.3) is 0 Å². The van der Waals surface area contributed by atoms with Crippen LogP contribution in [0.3, 0.4) is 0 Å². The highest BCUT2D eigenvalue weighted by molar-refractivity contribution is 5.53. The summed E-state index contributed by atoms with van der Waals surface area (Å²) in [5, 5.41) is 12.0. The van der Waals surface area contributed by atoms with Crippen LogP contribution < -0.4 is 5.32 Å². The van der Waals surface area contributed by atoms with Crippen molar-refractivity contribution < 1.29 is 13.2 Å². The lowest BCUT2D eigenvalue weighted by Gasteiger charge is -2.29. The van der Waals surface area contributed by atoms with Gasteiger partial charge in [-0.15, -0.1) is 0 Å². The van der Waals surface area contributed by atoms with Gasteiger partial charge in [-0.1, -0.05) is 19.3 Å². The number of nitrogens with one attached hydrogen (secondary N) is 1. The molecule has 2 nitrogen and oxygen atoms in total. The molecule has 0 spiro atoms. The number of anilines is 1. The molecule has 0 radical (unpaired) electrons. The molecule has 1 aliphatic carbocycles. The number of rotatable bonds is 3. The Labute approximate surface area is 123 Å². The molecular formula is C16H19F3N2. The number of halogens is 3. The van der Waals surface area contributed by atoms with Crippen molar-refractivity contribution in [1.29, 1.82) is 5.26 Å². The van der Waals surface area contributed by atoms with E-state index in [4.69, 9.17) is 5.26 Å². The number of hydrogen-bond acceptors (Lipinski definition) is 2. The van der Waals surface area contributed by atoms with Crippen molar-refractivity contribution in [1.82, 2.24) is 0 Å². The average molecular weight is 296 g/mol. The number of benzene rings is 1. The van der Waals surface area contributed by atoms with Crippen molar-refractivity contribution >= 4 is 5.69 Å². The molecule has 114 valence electrons. The molecule has 1 saturated carbocycles. The van der Waals surface area contributed by atoms with Crippen LogP contribution in [-0.4, -0.2) is 6.04 Å². The first-order chi connectivity index (χ1) is 9.91. The fourth-order valence-electron chi connectivity index (χ4n) is 2.98. The highest BCUT2D eigenvalue weighted by Crippen LogP contribution is 2.34. The Morgan fingerprint density at radius 2 is 1.90 bits per heavy atom. The van der Waals surface area contributed by atoms with Gasteiger partial charge in [0.2, 0.25) is 0 Å². The van der Waals surface area contributed by atoms with Crippen molar-refractivity contribution in [3.8, 4) is 6.07 Å². The molecule has 1 aromatic rings. The van der Waals surface area contributed by atoms with Gasteiger partial charge < -0.3 is 5.32 Å². The highest BCUT2D eigenvalue weighted by atomic mass is 19.4. The zero-order chi connectivity index (χ0) is 15.5. The predicted octanol–water partition coefficient (Wildman–Crippen LogP) is 4.96. The molecule has 0 aliphatic heterocycles. The van der Waals surface area contributed by atoms with E-state index in [1.165, 1.54) is 25.3 Å². The van der Waals surface area contributed by atoms with E-state index in [2.05, 4.69) is 5.32 Å². The summed E-state index contributed by atoms with van der Waals surface area (Å²) in [5.74, 6) is 0.503. The second-order valence-corrected chi connectivity index (χ2v) is 5.70. The molecule has 21 heavy (non-hydrogen) atoms. The smallest absolute Gasteiger partial charge is 0.382 e. The van der Waals surface area contributed by atoms with Crippen LogP contribution >= 0.6 is 0 Å². The van der Waals surface area contributed by atoms with E-state index in [1.54, 1.807) is 12.1 Å². The van der Waals surface area contributed by atoms with E-state index in [0.29, 0.717) is 11.6 Å². The van der Waals surface area contributed by atoms with Crippen molar-refractivity contribution in [2.24, 2.45) is 5.92 Å². The highest BCUT2D eigenvalue weighted by Gasteiger charge is 2.34. The number of hydrogen-bond donors (Lipinski definition) is 1. The molecule has 1 atom stereocenters. The molecule has 1 aromatic carbocycles. The third-order valence-electron chi connectivity index (χ3n) is 4.20. The maximum Gasteiger partial charge on any atom is 0.417 e. The Balaban J connectivity index is 2.15. The van der Waals surface area contributed by atoms with Gasteiger partial charge >= 0.3 is 6.18 Å². The molecule has 1 N–H and O–H groups in total. The predicted molar refractivity (Wildman–Crippen MR) is 75.8 cm³/mol. The van der Waals surface area contributed by atoms with Crippen LogP contribution in [0.15, 0.2) is 18.2 Å². The SMILES string of the molecule is CC(Nc1ccc(C#N)c(C(F)(F)F)c1)C1CCCCC1. The Bertz CT molecular complexity index is 525. The molecule has 0 saturated heterocycles. The van der Waals surface area contributed by atoms with Gasteiger partial charge in [0.15, 0.2) is 0 Å². The van der Waals surface area contributed by atoms with Gasteiger partial charge in [0.25, 0.3) is 0 Å². The Hall–Kier alpha value is -1.70. The molecular weight excluding hydrogens is 277 g/mol. The van der Waals surface area contributed by atoms with Crippen molar-refractivity contribution in [3.63, 3.8) is 0 Å². The minimum atomic E-state index is -4.50. The summed E-state index contributed by atoms with van der Waals surface area (Å²) in [7, 11) is 0. The molecule has 0 aromatic heterocycles. The molecule has 1 aliphatic rings. The topological polar surface area (TPSA) is 35.8 Å². The van der Waals surface area contributed by atoms with E-state index in [0.717, 1.165) is 18.9 Å². The quantitative estimate of drug-likeness (QED) is 0.856. The van der Waals surface area contributed by atoms with E-state index in [9.17, 15) is 13.2 Å². The van der Waals surface area contributed by atoms with Gasteiger partial charge in [-0.25, -0.2) is 0 Å². The van der Waals surface area contributed by atoms with Crippen LogP contribution in [0.4, 0.5) is 18.9 Å². The largest absolute Gasteiger partial charge is 0.417 e. The van der Waals surface area contributed by atoms with Gasteiger partial charge in [-0.2, -0.15) is 18.4 Å². The maximum atomic E-state index is 12.9. The summed E-state index contributed by atoms with van der Waals surface area (Å²) in [6.45, 7) is 2.02. The molecule has 2 rings (SSSR count). The lowest BCUT2D eigenvalue weighted by molar-refractivity contribution is -0.137. The van der Waals surface area contributed by atoms with E-state index in [1.807, 2.05) is 6.92 Å². The van der Waals surface area contributed by atoms with E-state index < -0.39 is 11.7 Å². The van der Waals surface area contributed by atoms with Crippen LogP contribution in [0, 0.1) is 17.2 Å². The zero-order valence-corrected chi connectivity index (χ0v) is 12.0. The summed E-state index contributed by atoms with van der Waals surface area (Å²) >= 11 is 0. The standard InChI is InChI=1S/C16H19F3N2/c1-11(12-5-3-2-4-6-12)21-14-8-7-13(10-20)15(9-14)16(17,18)19/h7-9,11-12,21H,2-6H2,1H3.